The van der Waals surface area contributed by atoms with E-state index in [1.807, 2.05) is 0 Å². The predicted molar refractivity (Wildman–Crippen MR) is 63.5 cm³/mol. The average molecular weight is 220 g/mol. The van der Waals surface area contributed by atoms with Gasteiger partial charge in [-0.25, -0.2) is 4.39 Å². The molecule has 3 heteroatoms. The van der Waals surface area contributed by atoms with Crippen molar-refractivity contribution in [2.24, 2.45) is 5.41 Å². The Morgan fingerprint density at radius 1 is 1.31 bits per heavy atom. The summed E-state index contributed by atoms with van der Waals surface area (Å²) in [5.41, 5.74) is 0.982. The molecule has 0 heterocycles. The summed E-state index contributed by atoms with van der Waals surface area (Å²) in [5.74, 6) is -0.228. The lowest BCUT2D eigenvalue weighted by molar-refractivity contribution is 0.364. The summed E-state index contributed by atoms with van der Waals surface area (Å²) in [4.78, 5) is 0. The van der Waals surface area contributed by atoms with Crippen molar-refractivity contribution in [1.29, 1.82) is 5.26 Å². The largest absolute Gasteiger partial charge is 0.385 e. The second-order valence-electron chi connectivity index (χ2n) is 4.68. The topological polar surface area (TPSA) is 35.8 Å². The maximum absolute atomic E-state index is 12.7. The molecule has 1 aromatic carbocycles. The molecule has 0 radical (unpaired) electrons. The van der Waals surface area contributed by atoms with Crippen LogP contribution in [0, 0.1) is 22.6 Å². The molecular weight excluding hydrogens is 203 g/mol. The minimum atomic E-state index is -0.228. The standard InChI is InChI=1S/C13H17FN2/c1-13(2,8-3-9-15)10-16-12-6-4-11(14)5-7-12/h4-7,16H,3,8,10H2,1-2H3. The molecule has 1 rings (SSSR count). The molecule has 16 heavy (non-hydrogen) atoms. The SMILES string of the molecule is CC(C)(CCC#N)CNc1ccc(F)cc1. The van der Waals surface area contributed by atoms with E-state index in [-0.39, 0.29) is 11.2 Å². The van der Waals surface area contributed by atoms with Gasteiger partial charge in [-0.3, -0.25) is 0 Å². The van der Waals surface area contributed by atoms with Crippen LogP contribution < -0.4 is 5.32 Å². The first-order valence-corrected chi connectivity index (χ1v) is 5.40. The van der Waals surface area contributed by atoms with E-state index in [4.69, 9.17) is 5.26 Å². The van der Waals surface area contributed by atoms with Gasteiger partial charge in [0.2, 0.25) is 0 Å². The van der Waals surface area contributed by atoms with Gasteiger partial charge in [0.25, 0.3) is 0 Å². The van der Waals surface area contributed by atoms with Crippen LogP contribution in [-0.2, 0) is 0 Å². The lowest BCUT2D eigenvalue weighted by atomic mass is 9.88. The predicted octanol–water partition coefficient (Wildman–Crippen LogP) is 3.57. The Morgan fingerprint density at radius 2 is 1.94 bits per heavy atom. The van der Waals surface area contributed by atoms with E-state index in [0.717, 1.165) is 18.7 Å². The van der Waals surface area contributed by atoms with Gasteiger partial charge in [-0.05, 0) is 36.1 Å². The van der Waals surface area contributed by atoms with E-state index >= 15 is 0 Å². The van der Waals surface area contributed by atoms with Crippen molar-refractivity contribution >= 4 is 5.69 Å². The average Bonchev–Trinajstić information content (AvgIpc) is 2.26. The maximum atomic E-state index is 12.7. The summed E-state index contributed by atoms with van der Waals surface area (Å²) in [6.07, 6.45) is 1.43. The van der Waals surface area contributed by atoms with Crippen LogP contribution in [0.2, 0.25) is 0 Å². The summed E-state index contributed by atoms with van der Waals surface area (Å²) in [6.45, 7) is 5.00. The molecule has 2 nitrogen and oxygen atoms in total. The van der Waals surface area contributed by atoms with Crippen molar-refractivity contribution in [1.82, 2.24) is 0 Å². The minimum Gasteiger partial charge on any atom is -0.385 e. The number of rotatable bonds is 5. The third-order valence-corrected chi connectivity index (χ3v) is 2.53. The number of hydrogen-bond donors (Lipinski definition) is 1. The molecule has 0 saturated carbocycles. The zero-order chi connectivity index (χ0) is 12.0. The molecule has 1 N–H and O–H groups in total. The van der Waals surface area contributed by atoms with E-state index in [0.29, 0.717) is 6.42 Å². The molecule has 0 saturated heterocycles. The quantitative estimate of drug-likeness (QED) is 0.823. The Kier molecular flexibility index (Phi) is 4.30. The number of nitriles is 1. The maximum Gasteiger partial charge on any atom is 0.123 e. The number of hydrogen-bond acceptors (Lipinski definition) is 2. The van der Waals surface area contributed by atoms with Gasteiger partial charge in [0.1, 0.15) is 5.82 Å². The van der Waals surface area contributed by atoms with Gasteiger partial charge in [0, 0.05) is 18.7 Å². The third-order valence-electron chi connectivity index (χ3n) is 2.53. The fourth-order valence-electron chi connectivity index (χ4n) is 1.39. The molecule has 1 aromatic rings. The zero-order valence-corrected chi connectivity index (χ0v) is 9.76. The molecule has 0 bridgehead atoms. The summed E-state index contributed by atoms with van der Waals surface area (Å²) < 4.78 is 12.7. The number of anilines is 1. The number of benzene rings is 1. The van der Waals surface area contributed by atoms with Crippen LogP contribution >= 0.6 is 0 Å². The van der Waals surface area contributed by atoms with E-state index in [9.17, 15) is 4.39 Å². The Balaban J connectivity index is 2.45. The normalized spacial score (nSPS) is 10.9. The summed E-state index contributed by atoms with van der Waals surface area (Å²) in [6, 6.07) is 8.46. The lowest BCUT2D eigenvalue weighted by Crippen LogP contribution is -2.22. The summed E-state index contributed by atoms with van der Waals surface area (Å²) in [7, 11) is 0. The smallest absolute Gasteiger partial charge is 0.123 e. The lowest BCUT2D eigenvalue weighted by Gasteiger charge is -2.24. The van der Waals surface area contributed by atoms with Gasteiger partial charge in [-0.1, -0.05) is 13.8 Å². The fraction of sp³-hybridized carbons (Fsp3) is 0.462. The van der Waals surface area contributed by atoms with Gasteiger partial charge < -0.3 is 5.32 Å². The molecule has 0 fully saturated rings. The van der Waals surface area contributed by atoms with Crippen molar-refractivity contribution in [2.75, 3.05) is 11.9 Å². The van der Waals surface area contributed by atoms with Crippen molar-refractivity contribution < 1.29 is 4.39 Å². The van der Waals surface area contributed by atoms with Gasteiger partial charge in [0.15, 0.2) is 0 Å². The molecule has 0 aromatic heterocycles. The van der Waals surface area contributed by atoms with Gasteiger partial charge in [-0.2, -0.15) is 5.26 Å². The van der Waals surface area contributed by atoms with Crippen molar-refractivity contribution in [3.63, 3.8) is 0 Å². The highest BCUT2D eigenvalue weighted by Crippen LogP contribution is 2.22. The van der Waals surface area contributed by atoms with Crippen LogP contribution in [-0.4, -0.2) is 6.54 Å². The van der Waals surface area contributed by atoms with E-state index in [1.54, 1.807) is 12.1 Å². The van der Waals surface area contributed by atoms with Crippen molar-refractivity contribution in [3.05, 3.63) is 30.1 Å². The molecule has 0 aliphatic carbocycles. The summed E-state index contributed by atoms with van der Waals surface area (Å²) in [5, 5.41) is 11.8. The first kappa shape index (κ1) is 12.5. The molecular formula is C13H17FN2. The van der Waals surface area contributed by atoms with Crippen molar-refractivity contribution in [2.45, 2.75) is 26.7 Å². The molecule has 0 aliphatic rings. The van der Waals surface area contributed by atoms with Crippen molar-refractivity contribution in [3.8, 4) is 6.07 Å². The van der Waals surface area contributed by atoms with Crippen LogP contribution in [0.1, 0.15) is 26.7 Å². The third kappa shape index (κ3) is 4.31. The van der Waals surface area contributed by atoms with E-state index in [2.05, 4.69) is 25.2 Å². The van der Waals surface area contributed by atoms with Crippen LogP contribution in [0.15, 0.2) is 24.3 Å². The van der Waals surface area contributed by atoms with Crippen LogP contribution in [0.25, 0.3) is 0 Å². The first-order chi connectivity index (χ1) is 7.53. The highest BCUT2D eigenvalue weighted by Gasteiger charge is 2.16. The van der Waals surface area contributed by atoms with Crippen LogP contribution in [0.3, 0.4) is 0 Å². The van der Waals surface area contributed by atoms with Gasteiger partial charge in [-0.15, -0.1) is 0 Å². The number of halogens is 1. The summed E-state index contributed by atoms with van der Waals surface area (Å²) >= 11 is 0. The number of nitrogens with zero attached hydrogens (tertiary/aromatic N) is 1. The molecule has 86 valence electrons. The van der Waals surface area contributed by atoms with Crippen LogP contribution in [0.4, 0.5) is 10.1 Å². The van der Waals surface area contributed by atoms with Gasteiger partial charge in [0.05, 0.1) is 6.07 Å². The Bertz CT molecular complexity index is 363. The zero-order valence-electron chi connectivity index (χ0n) is 9.76. The second-order valence-corrected chi connectivity index (χ2v) is 4.68. The Labute approximate surface area is 96.1 Å². The monoisotopic (exact) mass is 220 g/mol. The molecule has 0 atom stereocenters. The number of nitrogens with one attached hydrogen (secondary N) is 1. The molecule has 0 aliphatic heterocycles. The fourth-order valence-corrected chi connectivity index (χ4v) is 1.39. The highest BCUT2D eigenvalue weighted by atomic mass is 19.1. The minimum absolute atomic E-state index is 0.0735. The molecule has 0 unspecified atom stereocenters. The second kappa shape index (κ2) is 5.50. The Hall–Kier alpha value is -1.56. The highest BCUT2D eigenvalue weighted by molar-refractivity contribution is 5.42. The first-order valence-electron chi connectivity index (χ1n) is 5.40. The van der Waals surface area contributed by atoms with E-state index in [1.165, 1.54) is 12.1 Å². The molecule has 0 amide bonds. The van der Waals surface area contributed by atoms with E-state index < -0.39 is 0 Å². The molecule has 0 spiro atoms. The van der Waals surface area contributed by atoms with Crippen LogP contribution in [0.5, 0.6) is 0 Å². The Morgan fingerprint density at radius 3 is 2.50 bits per heavy atom. The van der Waals surface area contributed by atoms with Gasteiger partial charge >= 0.3 is 0 Å².